The Morgan fingerprint density at radius 1 is 1.12 bits per heavy atom. The highest BCUT2D eigenvalue weighted by atomic mass is 16.5. The summed E-state index contributed by atoms with van der Waals surface area (Å²) < 4.78 is 10.9. The molecule has 6 nitrogen and oxygen atoms in total. The summed E-state index contributed by atoms with van der Waals surface area (Å²) in [5.41, 5.74) is 0.695. The minimum atomic E-state index is -0.147. The molecule has 0 radical (unpaired) electrons. The largest absolute Gasteiger partial charge is 0.490 e. The minimum absolute atomic E-state index is 0.147. The van der Waals surface area contributed by atoms with Gasteiger partial charge in [0.1, 0.15) is 12.4 Å². The van der Waals surface area contributed by atoms with E-state index in [1.54, 1.807) is 19.1 Å². The summed E-state index contributed by atoms with van der Waals surface area (Å²) in [6.07, 6.45) is 0.808. The number of rotatable bonds is 11. The number of hydrogen-bond acceptors (Lipinski definition) is 4. The molecule has 0 unspecified atom stereocenters. The highest BCUT2D eigenvalue weighted by Gasteiger charge is 2.11. The van der Waals surface area contributed by atoms with E-state index in [0.717, 1.165) is 26.1 Å². The Bertz CT molecular complexity index is 478. The number of anilines is 1. The first-order chi connectivity index (χ1) is 11.6. The molecule has 0 saturated heterocycles. The molecule has 0 atom stereocenters. The maximum atomic E-state index is 12.2. The molecule has 1 aromatic carbocycles. The van der Waals surface area contributed by atoms with Crippen molar-refractivity contribution in [3.8, 4) is 5.75 Å². The van der Waals surface area contributed by atoms with Crippen LogP contribution in [0.4, 0.5) is 10.5 Å². The van der Waals surface area contributed by atoms with Gasteiger partial charge in [-0.1, -0.05) is 26.0 Å². The first kappa shape index (κ1) is 20.3. The average molecular weight is 337 g/mol. The molecule has 0 saturated carbocycles. The van der Waals surface area contributed by atoms with Gasteiger partial charge in [0.2, 0.25) is 0 Å². The molecule has 6 heteroatoms. The van der Waals surface area contributed by atoms with E-state index in [1.807, 2.05) is 24.3 Å². The molecule has 1 aromatic rings. The SMILES string of the molecule is CCN(CC)CCOc1ccccc1NC(=O)N(C)CCCOC. The van der Waals surface area contributed by atoms with Crippen LogP contribution >= 0.6 is 0 Å². The number of ether oxygens (including phenoxy) is 2. The fraction of sp³-hybridized carbons (Fsp3) is 0.611. The van der Waals surface area contributed by atoms with Gasteiger partial charge < -0.3 is 24.6 Å². The van der Waals surface area contributed by atoms with Crippen LogP contribution in [-0.2, 0) is 4.74 Å². The van der Waals surface area contributed by atoms with Crippen molar-refractivity contribution in [1.29, 1.82) is 0 Å². The van der Waals surface area contributed by atoms with Gasteiger partial charge in [0.25, 0.3) is 0 Å². The fourth-order valence-electron chi connectivity index (χ4n) is 2.28. The molecule has 0 aromatic heterocycles. The lowest BCUT2D eigenvalue weighted by Gasteiger charge is -2.21. The van der Waals surface area contributed by atoms with Crippen LogP contribution in [0.2, 0.25) is 0 Å². The molecule has 0 heterocycles. The maximum Gasteiger partial charge on any atom is 0.321 e. The van der Waals surface area contributed by atoms with Gasteiger partial charge in [-0.3, -0.25) is 0 Å². The van der Waals surface area contributed by atoms with Gasteiger partial charge in [-0.2, -0.15) is 0 Å². The number of carbonyl (C=O) groups excluding carboxylic acids is 1. The zero-order chi connectivity index (χ0) is 17.8. The Labute approximate surface area is 145 Å². The number of nitrogens with one attached hydrogen (secondary N) is 1. The highest BCUT2D eigenvalue weighted by molar-refractivity contribution is 5.90. The summed E-state index contributed by atoms with van der Waals surface area (Å²) in [4.78, 5) is 16.2. The van der Waals surface area contributed by atoms with Crippen LogP contribution in [0.15, 0.2) is 24.3 Å². The number of para-hydroxylation sites is 2. The van der Waals surface area contributed by atoms with Crippen molar-refractivity contribution in [1.82, 2.24) is 9.80 Å². The summed E-state index contributed by atoms with van der Waals surface area (Å²) in [6, 6.07) is 7.38. The third-order valence-electron chi connectivity index (χ3n) is 3.88. The quantitative estimate of drug-likeness (QED) is 0.631. The second kappa shape index (κ2) is 11.7. The van der Waals surface area contributed by atoms with Crippen molar-refractivity contribution < 1.29 is 14.3 Å². The Hall–Kier alpha value is -1.79. The first-order valence-corrected chi connectivity index (χ1v) is 8.57. The van der Waals surface area contributed by atoms with Crippen LogP contribution in [0.1, 0.15) is 20.3 Å². The van der Waals surface area contributed by atoms with Crippen molar-refractivity contribution in [3.05, 3.63) is 24.3 Å². The molecular weight excluding hydrogens is 306 g/mol. The standard InChI is InChI=1S/C18H31N3O3/c1-5-21(6-2)13-15-24-17-11-8-7-10-16(17)19-18(22)20(3)12-9-14-23-4/h7-8,10-11H,5-6,9,12-15H2,1-4H3,(H,19,22). The van der Waals surface area contributed by atoms with Gasteiger partial charge in [-0.15, -0.1) is 0 Å². The van der Waals surface area contributed by atoms with E-state index >= 15 is 0 Å². The van der Waals surface area contributed by atoms with E-state index in [-0.39, 0.29) is 6.03 Å². The Kier molecular flexibility index (Phi) is 9.88. The summed E-state index contributed by atoms with van der Waals surface area (Å²) in [5, 5.41) is 2.91. The van der Waals surface area contributed by atoms with Gasteiger partial charge >= 0.3 is 6.03 Å². The number of benzene rings is 1. The lowest BCUT2D eigenvalue weighted by Crippen LogP contribution is -2.32. The molecule has 1 rings (SSSR count). The third kappa shape index (κ3) is 7.19. The number of amides is 2. The van der Waals surface area contributed by atoms with Gasteiger partial charge in [0.05, 0.1) is 5.69 Å². The summed E-state index contributed by atoms with van der Waals surface area (Å²) in [6.45, 7) is 9.03. The predicted molar refractivity (Wildman–Crippen MR) is 97.9 cm³/mol. The second-order valence-corrected chi connectivity index (χ2v) is 5.57. The van der Waals surface area contributed by atoms with Crippen LogP contribution in [0, 0.1) is 0 Å². The zero-order valence-electron chi connectivity index (χ0n) is 15.4. The van der Waals surface area contributed by atoms with Crippen molar-refractivity contribution >= 4 is 11.7 Å². The van der Waals surface area contributed by atoms with Crippen LogP contribution in [0.5, 0.6) is 5.75 Å². The van der Waals surface area contributed by atoms with E-state index in [2.05, 4.69) is 24.1 Å². The molecule has 0 aliphatic heterocycles. The number of likely N-dealkylation sites (N-methyl/N-ethyl adjacent to an activating group) is 1. The Morgan fingerprint density at radius 2 is 1.83 bits per heavy atom. The van der Waals surface area contributed by atoms with Gasteiger partial charge in [-0.25, -0.2) is 4.79 Å². The first-order valence-electron chi connectivity index (χ1n) is 8.57. The van der Waals surface area contributed by atoms with Crippen molar-refractivity contribution in [3.63, 3.8) is 0 Å². The smallest absolute Gasteiger partial charge is 0.321 e. The second-order valence-electron chi connectivity index (χ2n) is 5.57. The lowest BCUT2D eigenvalue weighted by molar-refractivity contribution is 0.179. The normalized spacial score (nSPS) is 10.7. The molecule has 2 amide bonds. The average Bonchev–Trinajstić information content (AvgIpc) is 2.60. The van der Waals surface area contributed by atoms with Crippen LogP contribution in [0.3, 0.4) is 0 Å². The molecule has 0 bridgehead atoms. The number of nitrogens with zero attached hydrogens (tertiary/aromatic N) is 2. The van der Waals surface area contributed by atoms with Crippen LogP contribution in [0.25, 0.3) is 0 Å². The molecule has 24 heavy (non-hydrogen) atoms. The number of urea groups is 1. The van der Waals surface area contributed by atoms with Gasteiger partial charge in [0, 0.05) is 33.9 Å². The lowest BCUT2D eigenvalue weighted by atomic mass is 10.3. The molecule has 0 aliphatic carbocycles. The fourth-order valence-corrected chi connectivity index (χ4v) is 2.28. The van der Waals surface area contributed by atoms with Crippen LogP contribution in [-0.4, -0.2) is 69.4 Å². The number of hydrogen-bond donors (Lipinski definition) is 1. The molecule has 136 valence electrons. The molecule has 0 spiro atoms. The monoisotopic (exact) mass is 337 g/mol. The van der Waals surface area contributed by atoms with E-state index in [1.165, 1.54) is 0 Å². The molecular formula is C18H31N3O3. The molecule has 1 N–H and O–H groups in total. The molecule has 0 aliphatic rings. The highest BCUT2D eigenvalue weighted by Crippen LogP contribution is 2.24. The summed E-state index contributed by atoms with van der Waals surface area (Å²) >= 11 is 0. The summed E-state index contributed by atoms with van der Waals surface area (Å²) in [5.74, 6) is 0.697. The van der Waals surface area contributed by atoms with Gasteiger partial charge in [0.15, 0.2) is 0 Å². The topological polar surface area (TPSA) is 54.0 Å². The van der Waals surface area contributed by atoms with Crippen molar-refractivity contribution in [2.75, 3.05) is 58.9 Å². The van der Waals surface area contributed by atoms with Crippen molar-refractivity contribution in [2.24, 2.45) is 0 Å². The predicted octanol–water partition coefficient (Wildman–Crippen LogP) is 2.91. The summed E-state index contributed by atoms with van der Waals surface area (Å²) in [7, 11) is 3.43. The Balaban J connectivity index is 2.54. The van der Waals surface area contributed by atoms with Crippen LogP contribution < -0.4 is 10.1 Å². The number of methoxy groups -OCH3 is 1. The number of carbonyl (C=O) groups is 1. The van der Waals surface area contributed by atoms with E-state index < -0.39 is 0 Å². The van der Waals surface area contributed by atoms with E-state index in [9.17, 15) is 4.79 Å². The van der Waals surface area contributed by atoms with E-state index in [4.69, 9.17) is 9.47 Å². The third-order valence-corrected chi connectivity index (χ3v) is 3.88. The van der Waals surface area contributed by atoms with Gasteiger partial charge in [-0.05, 0) is 31.6 Å². The van der Waals surface area contributed by atoms with E-state index in [0.29, 0.717) is 31.2 Å². The van der Waals surface area contributed by atoms with Crippen molar-refractivity contribution in [2.45, 2.75) is 20.3 Å². The zero-order valence-corrected chi connectivity index (χ0v) is 15.4. The maximum absolute atomic E-state index is 12.2. The Morgan fingerprint density at radius 3 is 2.50 bits per heavy atom. The minimum Gasteiger partial charge on any atom is -0.490 e. The molecule has 0 fully saturated rings.